The molecule has 0 bridgehead atoms. The third-order valence-corrected chi connectivity index (χ3v) is 2.39. The Morgan fingerprint density at radius 1 is 1.47 bits per heavy atom. The number of nitrogens with two attached hydrogens (primary N) is 1. The molecule has 5 nitrogen and oxygen atoms in total. The summed E-state index contributed by atoms with van der Waals surface area (Å²) >= 11 is 0. The summed E-state index contributed by atoms with van der Waals surface area (Å²) in [5.41, 5.74) is 7.20. The molecule has 0 saturated heterocycles. The van der Waals surface area contributed by atoms with Gasteiger partial charge in [0.05, 0.1) is 0 Å². The number of amidine groups is 1. The highest BCUT2D eigenvalue weighted by molar-refractivity contribution is 5.97. The van der Waals surface area contributed by atoms with Crippen molar-refractivity contribution < 1.29 is 9.94 Å². The lowest BCUT2D eigenvalue weighted by atomic mass is 10.1. The second kappa shape index (κ2) is 6.10. The standard InChI is InChI=1S/C12H19N3O2/c1-9-4-5-10(12(13)14-16)8-11(9)17-7-6-15(2)3/h4-5,8,16H,6-7H2,1-3H3,(H2,13,14). The van der Waals surface area contributed by atoms with Crippen LogP contribution in [0.1, 0.15) is 11.1 Å². The van der Waals surface area contributed by atoms with Crippen LogP contribution in [0.2, 0.25) is 0 Å². The summed E-state index contributed by atoms with van der Waals surface area (Å²) in [6, 6.07) is 5.46. The second-order valence-electron chi connectivity index (χ2n) is 4.12. The SMILES string of the molecule is Cc1ccc(/C(N)=N/O)cc1OCCN(C)C. The average Bonchev–Trinajstić information content (AvgIpc) is 2.30. The number of likely N-dealkylation sites (N-methyl/N-ethyl adjacent to an activating group) is 1. The van der Waals surface area contributed by atoms with Crippen molar-refractivity contribution in [2.75, 3.05) is 27.2 Å². The van der Waals surface area contributed by atoms with Gasteiger partial charge in [0.25, 0.3) is 0 Å². The van der Waals surface area contributed by atoms with Crippen LogP contribution in [-0.2, 0) is 0 Å². The van der Waals surface area contributed by atoms with Crippen LogP contribution in [0.3, 0.4) is 0 Å². The lowest BCUT2D eigenvalue weighted by Gasteiger charge is -2.13. The summed E-state index contributed by atoms with van der Waals surface area (Å²) in [5, 5.41) is 11.6. The molecule has 0 heterocycles. The summed E-state index contributed by atoms with van der Waals surface area (Å²) in [6.07, 6.45) is 0. The maximum Gasteiger partial charge on any atom is 0.170 e. The summed E-state index contributed by atoms with van der Waals surface area (Å²) < 4.78 is 5.65. The van der Waals surface area contributed by atoms with E-state index in [0.717, 1.165) is 17.9 Å². The third-order valence-electron chi connectivity index (χ3n) is 2.39. The Morgan fingerprint density at radius 3 is 2.76 bits per heavy atom. The highest BCUT2D eigenvalue weighted by Gasteiger charge is 2.05. The van der Waals surface area contributed by atoms with Gasteiger partial charge in [-0.15, -0.1) is 0 Å². The molecule has 0 atom stereocenters. The van der Waals surface area contributed by atoms with Crippen LogP contribution >= 0.6 is 0 Å². The number of benzene rings is 1. The summed E-state index contributed by atoms with van der Waals surface area (Å²) in [5.74, 6) is 0.846. The summed E-state index contributed by atoms with van der Waals surface area (Å²) in [7, 11) is 3.98. The molecule has 0 fully saturated rings. The van der Waals surface area contributed by atoms with Crippen LogP contribution in [0.5, 0.6) is 5.75 Å². The van der Waals surface area contributed by atoms with Gasteiger partial charge < -0.3 is 20.6 Å². The Morgan fingerprint density at radius 2 is 2.18 bits per heavy atom. The number of hydrogen-bond acceptors (Lipinski definition) is 4. The molecule has 0 spiro atoms. The molecule has 0 radical (unpaired) electrons. The van der Waals surface area contributed by atoms with Crippen molar-refractivity contribution in [1.82, 2.24) is 4.90 Å². The van der Waals surface area contributed by atoms with Crippen molar-refractivity contribution in [3.05, 3.63) is 29.3 Å². The molecule has 5 heteroatoms. The zero-order valence-electron chi connectivity index (χ0n) is 10.5. The van der Waals surface area contributed by atoms with Crippen LogP contribution in [0.15, 0.2) is 23.4 Å². The van der Waals surface area contributed by atoms with E-state index in [9.17, 15) is 0 Å². The molecule has 0 aliphatic carbocycles. The van der Waals surface area contributed by atoms with Gasteiger partial charge in [-0.25, -0.2) is 0 Å². The smallest absolute Gasteiger partial charge is 0.170 e. The van der Waals surface area contributed by atoms with E-state index in [1.54, 1.807) is 12.1 Å². The lowest BCUT2D eigenvalue weighted by Crippen LogP contribution is -2.20. The van der Waals surface area contributed by atoms with Crippen LogP contribution < -0.4 is 10.5 Å². The predicted octanol–water partition coefficient (Wildman–Crippen LogP) is 1.03. The molecule has 0 aliphatic rings. The van der Waals surface area contributed by atoms with E-state index in [1.165, 1.54) is 0 Å². The highest BCUT2D eigenvalue weighted by Crippen LogP contribution is 2.19. The molecular weight excluding hydrogens is 218 g/mol. The maximum atomic E-state index is 8.61. The number of nitrogens with zero attached hydrogens (tertiary/aromatic N) is 2. The van der Waals surface area contributed by atoms with Gasteiger partial charge in [-0.05, 0) is 32.6 Å². The highest BCUT2D eigenvalue weighted by atomic mass is 16.5. The van der Waals surface area contributed by atoms with Crippen molar-refractivity contribution >= 4 is 5.84 Å². The molecule has 0 unspecified atom stereocenters. The predicted molar refractivity (Wildman–Crippen MR) is 67.7 cm³/mol. The van der Waals surface area contributed by atoms with E-state index in [0.29, 0.717) is 12.2 Å². The molecule has 0 saturated carbocycles. The fraction of sp³-hybridized carbons (Fsp3) is 0.417. The Bertz CT molecular complexity index is 403. The van der Waals surface area contributed by atoms with E-state index < -0.39 is 0 Å². The van der Waals surface area contributed by atoms with Gasteiger partial charge in [0.15, 0.2) is 5.84 Å². The minimum atomic E-state index is 0.0856. The van der Waals surface area contributed by atoms with Gasteiger partial charge in [-0.3, -0.25) is 0 Å². The van der Waals surface area contributed by atoms with Gasteiger partial charge in [0.2, 0.25) is 0 Å². The molecule has 1 aromatic rings. The fourth-order valence-corrected chi connectivity index (χ4v) is 1.31. The average molecular weight is 237 g/mol. The third kappa shape index (κ3) is 3.96. The molecular formula is C12H19N3O2. The van der Waals surface area contributed by atoms with Gasteiger partial charge >= 0.3 is 0 Å². The van der Waals surface area contributed by atoms with Gasteiger partial charge in [-0.1, -0.05) is 17.3 Å². The molecule has 1 rings (SSSR count). The van der Waals surface area contributed by atoms with E-state index in [4.69, 9.17) is 15.7 Å². The minimum Gasteiger partial charge on any atom is -0.492 e. The minimum absolute atomic E-state index is 0.0856. The number of hydrogen-bond donors (Lipinski definition) is 2. The van der Waals surface area contributed by atoms with E-state index in [2.05, 4.69) is 5.16 Å². The quantitative estimate of drug-likeness (QED) is 0.347. The van der Waals surface area contributed by atoms with Crippen molar-refractivity contribution in [2.45, 2.75) is 6.92 Å². The Hall–Kier alpha value is -1.75. The first kappa shape index (κ1) is 13.3. The molecule has 3 N–H and O–H groups in total. The van der Waals surface area contributed by atoms with Crippen molar-refractivity contribution in [1.29, 1.82) is 0 Å². The van der Waals surface area contributed by atoms with Gasteiger partial charge in [0, 0.05) is 12.1 Å². The normalized spacial score (nSPS) is 11.9. The summed E-state index contributed by atoms with van der Waals surface area (Å²) in [6.45, 7) is 3.40. The van der Waals surface area contributed by atoms with Crippen LogP contribution in [0.25, 0.3) is 0 Å². The number of aryl methyl sites for hydroxylation is 1. The van der Waals surface area contributed by atoms with Crippen molar-refractivity contribution in [3.8, 4) is 5.75 Å². The largest absolute Gasteiger partial charge is 0.492 e. The fourth-order valence-electron chi connectivity index (χ4n) is 1.31. The number of rotatable bonds is 5. The van der Waals surface area contributed by atoms with Gasteiger partial charge in [0.1, 0.15) is 12.4 Å². The van der Waals surface area contributed by atoms with E-state index in [-0.39, 0.29) is 5.84 Å². The monoisotopic (exact) mass is 237 g/mol. The van der Waals surface area contributed by atoms with E-state index in [1.807, 2.05) is 32.0 Å². The van der Waals surface area contributed by atoms with Crippen molar-refractivity contribution in [2.24, 2.45) is 10.9 Å². The van der Waals surface area contributed by atoms with Crippen molar-refractivity contribution in [3.63, 3.8) is 0 Å². The first-order chi connectivity index (χ1) is 8.04. The number of oxime groups is 1. The van der Waals surface area contributed by atoms with Crippen LogP contribution in [0.4, 0.5) is 0 Å². The topological polar surface area (TPSA) is 71.1 Å². The van der Waals surface area contributed by atoms with Crippen LogP contribution in [0, 0.1) is 6.92 Å². The molecule has 94 valence electrons. The van der Waals surface area contributed by atoms with Gasteiger partial charge in [-0.2, -0.15) is 0 Å². The lowest BCUT2D eigenvalue weighted by molar-refractivity contribution is 0.260. The molecule has 17 heavy (non-hydrogen) atoms. The Labute approximate surface area is 101 Å². The molecule has 0 amide bonds. The molecule has 0 aliphatic heterocycles. The zero-order valence-corrected chi connectivity index (χ0v) is 10.5. The summed E-state index contributed by atoms with van der Waals surface area (Å²) in [4.78, 5) is 2.04. The first-order valence-electron chi connectivity index (χ1n) is 5.40. The van der Waals surface area contributed by atoms with E-state index >= 15 is 0 Å². The first-order valence-corrected chi connectivity index (χ1v) is 5.40. The zero-order chi connectivity index (χ0) is 12.8. The second-order valence-corrected chi connectivity index (χ2v) is 4.12. The molecule has 0 aromatic heterocycles. The van der Waals surface area contributed by atoms with Crippen LogP contribution in [-0.4, -0.2) is 43.2 Å². The number of ether oxygens (including phenoxy) is 1. The Balaban J connectivity index is 2.77. The Kier molecular flexibility index (Phi) is 4.78. The maximum absolute atomic E-state index is 8.61. The molecule has 1 aromatic carbocycles.